The van der Waals surface area contributed by atoms with Crippen LogP contribution in [0.4, 0.5) is 0 Å². The van der Waals surface area contributed by atoms with Crippen LogP contribution in [0.25, 0.3) is 0 Å². The topological polar surface area (TPSA) is 3.24 Å². The molecule has 182 valence electrons. The lowest BCUT2D eigenvalue weighted by atomic mass is 10.0. The molecule has 0 aliphatic carbocycles. The lowest BCUT2D eigenvalue weighted by Crippen LogP contribution is -2.21. The molecule has 0 aromatic rings. The van der Waals surface area contributed by atoms with Crippen molar-refractivity contribution in [1.29, 1.82) is 0 Å². The molecule has 0 aromatic heterocycles. The fraction of sp³-hybridized carbons (Fsp3) is 1.00. The zero-order valence-electron chi connectivity index (χ0n) is 21.4. The van der Waals surface area contributed by atoms with E-state index in [2.05, 4.69) is 48.5 Å². The van der Waals surface area contributed by atoms with E-state index in [4.69, 9.17) is 0 Å². The van der Waals surface area contributed by atoms with Gasteiger partial charge in [0.25, 0.3) is 0 Å². The van der Waals surface area contributed by atoms with Crippen LogP contribution >= 0.6 is 22.6 Å². The number of alkyl halides is 1. The first-order chi connectivity index (χ1) is 14.7. The van der Waals surface area contributed by atoms with Crippen LogP contribution in [0.1, 0.15) is 161 Å². The zero-order chi connectivity index (χ0) is 22.1. The number of hydrogen-bond acceptors (Lipinski definition) is 1. The second kappa shape index (κ2) is 25.9. The predicted molar refractivity (Wildman–Crippen MR) is 148 cm³/mol. The summed E-state index contributed by atoms with van der Waals surface area (Å²) < 4.78 is 0.720. The third kappa shape index (κ3) is 25.0. The van der Waals surface area contributed by atoms with E-state index in [0.29, 0.717) is 0 Å². The van der Waals surface area contributed by atoms with Gasteiger partial charge >= 0.3 is 0 Å². The molecule has 0 saturated carbocycles. The second-order valence-electron chi connectivity index (χ2n) is 9.96. The van der Waals surface area contributed by atoms with Gasteiger partial charge < -0.3 is 0 Å². The molecule has 0 aliphatic rings. The molecule has 0 amide bonds. The van der Waals surface area contributed by atoms with Gasteiger partial charge in [0.2, 0.25) is 0 Å². The van der Waals surface area contributed by atoms with Crippen LogP contribution in [-0.2, 0) is 0 Å². The van der Waals surface area contributed by atoms with E-state index in [1.54, 1.807) is 0 Å². The minimum Gasteiger partial charge on any atom is -0.298 e. The monoisotopic (exact) mass is 535 g/mol. The van der Waals surface area contributed by atoms with Gasteiger partial charge in [-0.3, -0.25) is 4.90 Å². The van der Waals surface area contributed by atoms with Gasteiger partial charge in [0.05, 0.1) is 4.05 Å². The van der Waals surface area contributed by atoms with Crippen molar-refractivity contribution in [2.45, 2.75) is 165 Å². The number of halogens is 1. The van der Waals surface area contributed by atoms with Crippen LogP contribution in [0.3, 0.4) is 0 Å². The summed E-state index contributed by atoms with van der Waals surface area (Å²) in [5.74, 6) is 0. The second-order valence-corrected chi connectivity index (χ2v) is 11.4. The largest absolute Gasteiger partial charge is 0.298 e. The van der Waals surface area contributed by atoms with Crippen molar-refractivity contribution in [3.05, 3.63) is 0 Å². The van der Waals surface area contributed by atoms with E-state index in [1.807, 2.05) is 0 Å². The Morgan fingerprint density at radius 2 is 0.667 bits per heavy atom. The van der Waals surface area contributed by atoms with Gasteiger partial charge in [-0.2, -0.15) is 0 Å². The molecule has 0 spiro atoms. The molecule has 0 radical (unpaired) electrons. The molecule has 0 bridgehead atoms. The van der Waals surface area contributed by atoms with Gasteiger partial charge in [-0.1, -0.05) is 177 Å². The van der Waals surface area contributed by atoms with Crippen molar-refractivity contribution in [1.82, 2.24) is 4.90 Å². The zero-order valence-corrected chi connectivity index (χ0v) is 23.5. The first kappa shape index (κ1) is 30.7. The lowest BCUT2D eigenvalue weighted by molar-refractivity contribution is 0.372. The summed E-state index contributed by atoms with van der Waals surface area (Å²) in [6, 6.07) is 0. The molecule has 0 fully saturated rings. The lowest BCUT2D eigenvalue weighted by Gasteiger charge is -2.17. The highest BCUT2D eigenvalue weighted by Crippen LogP contribution is 2.17. The van der Waals surface area contributed by atoms with Crippen molar-refractivity contribution in [3.8, 4) is 0 Å². The van der Waals surface area contributed by atoms with Crippen LogP contribution in [0, 0.1) is 0 Å². The van der Waals surface area contributed by atoms with E-state index in [-0.39, 0.29) is 0 Å². The highest BCUT2D eigenvalue weighted by Gasteiger charge is 2.04. The van der Waals surface area contributed by atoms with Crippen LogP contribution in [0.15, 0.2) is 0 Å². The summed E-state index contributed by atoms with van der Waals surface area (Å²) in [5, 5.41) is 0. The summed E-state index contributed by atoms with van der Waals surface area (Å²) in [6.07, 6.45) is 35.2. The molecular formula is C28H58IN. The minimum atomic E-state index is 0.720. The van der Waals surface area contributed by atoms with E-state index in [0.717, 1.165) is 4.05 Å². The molecule has 0 aromatic carbocycles. The first-order valence-corrected chi connectivity index (χ1v) is 15.2. The molecule has 0 saturated heterocycles. The van der Waals surface area contributed by atoms with Crippen molar-refractivity contribution < 1.29 is 0 Å². The van der Waals surface area contributed by atoms with Crippen LogP contribution < -0.4 is 0 Å². The Labute approximate surface area is 206 Å². The summed E-state index contributed by atoms with van der Waals surface area (Å²) >= 11 is 2.57. The maximum absolute atomic E-state index is 2.57. The van der Waals surface area contributed by atoms with Crippen molar-refractivity contribution in [2.75, 3.05) is 14.1 Å². The molecular weight excluding hydrogens is 477 g/mol. The van der Waals surface area contributed by atoms with Gasteiger partial charge in [-0.05, 0) is 20.5 Å². The van der Waals surface area contributed by atoms with Gasteiger partial charge in [0.15, 0.2) is 0 Å². The van der Waals surface area contributed by atoms with E-state index in [1.165, 1.54) is 154 Å². The average molecular weight is 536 g/mol. The highest BCUT2D eigenvalue weighted by molar-refractivity contribution is 14.1. The van der Waals surface area contributed by atoms with E-state index in [9.17, 15) is 0 Å². The average Bonchev–Trinajstić information content (AvgIpc) is 2.74. The standard InChI is InChI=1S/C28H58IN/c1-4-5-6-7-8-9-10-11-12-13-14-15-16-17-18-19-20-21-22-23-24-25-26-27-28(29)30(2)3/h28H,4-27H2,1-3H3. The smallest absolute Gasteiger partial charge is 0.0613 e. The SMILES string of the molecule is CCCCCCCCCCCCCCCCCCCCCCCCCC(I)N(C)C. The van der Waals surface area contributed by atoms with Gasteiger partial charge in [0.1, 0.15) is 0 Å². The van der Waals surface area contributed by atoms with Crippen LogP contribution in [0.2, 0.25) is 0 Å². The molecule has 0 N–H and O–H groups in total. The normalized spacial score (nSPS) is 12.7. The number of rotatable bonds is 25. The molecule has 2 heteroatoms. The molecule has 0 aliphatic heterocycles. The third-order valence-electron chi connectivity index (χ3n) is 6.61. The summed E-state index contributed by atoms with van der Waals surface area (Å²) in [7, 11) is 4.38. The molecule has 30 heavy (non-hydrogen) atoms. The fourth-order valence-corrected chi connectivity index (χ4v) is 4.80. The fourth-order valence-electron chi connectivity index (χ4n) is 4.36. The Morgan fingerprint density at radius 1 is 0.433 bits per heavy atom. The number of unbranched alkanes of at least 4 members (excludes halogenated alkanes) is 22. The Kier molecular flexibility index (Phi) is 26.5. The first-order valence-electron chi connectivity index (χ1n) is 14.0. The summed E-state index contributed by atoms with van der Waals surface area (Å²) in [5.41, 5.74) is 0. The van der Waals surface area contributed by atoms with Crippen molar-refractivity contribution in [3.63, 3.8) is 0 Å². The molecule has 1 unspecified atom stereocenters. The van der Waals surface area contributed by atoms with Gasteiger partial charge in [-0.15, -0.1) is 0 Å². The van der Waals surface area contributed by atoms with E-state index < -0.39 is 0 Å². The van der Waals surface area contributed by atoms with Gasteiger partial charge in [0, 0.05) is 0 Å². The Balaban J connectivity index is 3.03. The number of hydrogen-bond donors (Lipinski definition) is 0. The Bertz CT molecular complexity index is 305. The third-order valence-corrected chi connectivity index (χ3v) is 8.34. The van der Waals surface area contributed by atoms with Crippen molar-refractivity contribution >= 4 is 22.6 Å². The molecule has 1 atom stereocenters. The number of nitrogens with zero attached hydrogens (tertiary/aromatic N) is 1. The van der Waals surface area contributed by atoms with Gasteiger partial charge in [-0.25, -0.2) is 0 Å². The van der Waals surface area contributed by atoms with Crippen molar-refractivity contribution in [2.24, 2.45) is 0 Å². The summed E-state index contributed by atoms with van der Waals surface area (Å²) in [4.78, 5) is 2.33. The molecule has 0 heterocycles. The summed E-state index contributed by atoms with van der Waals surface area (Å²) in [6.45, 7) is 2.30. The van der Waals surface area contributed by atoms with Crippen LogP contribution in [-0.4, -0.2) is 23.0 Å². The minimum absolute atomic E-state index is 0.720. The Hall–Kier alpha value is 0.690. The van der Waals surface area contributed by atoms with Crippen LogP contribution in [0.5, 0.6) is 0 Å². The predicted octanol–water partition coefficient (Wildman–Crippen LogP) is 10.7. The Morgan fingerprint density at radius 3 is 0.900 bits per heavy atom. The molecule has 1 nitrogen and oxygen atoms in total. The highest BCUT2D eigenvalue weighted by atomic mass is 127. The van der Waals surface area contributed by atoms with E-state index >= 15 is 0 Å². The quantitative estimate of drug-likeness (QED) is 0.0486. The molecule has 0 rings (SSSR count). The maximum atomic E-state index is 2.57. The maximum Gasteiger partial charge on any atom is 0.0613 e.